The minimum absolute atomic E-state index is 0.136. The van der Waals surface area contributed by atoms with Gasteiger partial charge in [-0.15, -0.1) is 0 Å². The molecule has 2 amide bonds. The van der Waals surface area contributed by atoms with Crippen molar-refractivity contribution in [3.05, 3.63) is 65.2 Å². The molecule has 4 rings (SSSR count). The molecule has 0 aliphatic carbocycles. The van der Waals surface area contributed by atoms with Crippen LogP contribution in [0, 0.1) is 0 Å². The third-order valence-corrected chi connectivity index (χ3v) is 6.38. The fourth-order valence-corrected chi connectivity index (χ4v) is 4.96. The van der Waals surface area contributed by atoms with Crippen LogP contribution < -0.4 is 11.1 Å². The van der Waals surface area contributed by atoms with Gasteiger partial charge in [-0.2, -0.15) is 0 Å². The van der Waals surface area contributed by atoms with Gasteiger partial charge in [0, 0.05) is 37.4 Å². The molecule has 0 aromatic heterocycles. The summed E-state index contributed by atoms with van der Waals surface area (Å²) in [5, 5.41) is 2.99. The molecule has 7 nitrogen and oxygen atoms in total. The van der Waals surface area contributed by atoms with Crippen molar-refractivity contribution >= 4 is 17.5 Å². The smallest absolute Gasteiger partial charge is 0.255 e. The van der Waals surface area contributed by atoms with Gasteiger partial charge in [0.25, 0.3) is 5.91 Å². The number of nitrogens with two attached hydrogens (primary N) is 1. The van der Waals surface area contributed by atoms with E-state index in [4.69, 9.17) is 10.5 Å². The van der Waals surface area contributed by atoms with Crippen molar-refractivity contribution in [1.82, 2.24) is 9.80 Å². The zero-order chi connectivity index (χ0) is 23.4. The van der Waals surface area contributed by atoms with Crippen molar-refractivity contribution in [1.29, 1.82) is 0 Å². The second-order valence-corrected chi connectivity index (χ2v) is 9.33. The van der Waals surface area contributed by atoms with E-state index in [9.17, 15) is 9.59 Å². The van der Waals surface area contributed by atoms with Gasteiger partial charge in [0.1, 0.15) is 0 Å². The monoisotopic (exact) mass is 450 g/mol. The van der Waals surface area contributed by atoms with Crippen molar-refractivity contribution in [2.24, 2.45) is 5.73 Å². The first-order valence-electron chi connectivity index (χ1n) is 11.8. The number of likely N-dealkylation sites (tertiary alicyclic amines) is 1. The Morgan fingerprint density at radius 1 is 1.03 bits per heavy atom. The van der Waals surface area contributed by atoms with Crippen LogP contribution in [0.3, 0.4) is 0 Å². The fraction of sp³-hybridized carbons (Fsp3) is 0.462. The van der Waals surface area contributed by atoms with Crippen LogP contribution >= 0.6 is 0 Å². The van der Waals surface area contributed by atoms with Gasteiger partial charge in [0.2, 0.25) is 5.91 Å². The van der Waals surface area contributed by atoms with Crippen molar-refractivity contribution < 1.29 is 14.3 Å². The average Bonchev–Trinajstić information content (AvgIpc) is 3.22. The molecule has 3 atom stereocenters. The number of amides is 2. The quantitative estimate of drug-likeness (QED) is 0.677. The van der Waals surface area contributed by atoms with Gasteiger partial charge in [0.15, 0.2) is 0 Å². The van der Waals surface area contributed by atoms with Gasteiger partial charge in [-0.05, 0) is 68.6 Å². The molecule has 7 heteroatoms. The minimum Gasteiger partial charge on any atom is -0.373 e. The first kappa shape index (κ1) is 23.4. The zero-order valence-electron chi connectivity index (χ0n) is 19.5. The predicted octanol–water partition coefficient (Wildman–Crippen LogP) is 3.00. The molecule has 3 N–H and O–H groups in total. The molecule has 0 radical (unpaired) electrons. The topological polar surface area (TPSA) is 87.9 Å². The van der Waals surface area contributed by atoms with Crippen LogP contribution in [0.1, 0.15) is 48.2 Å². The molecular formula is C26H34N4O3. The molecule has 2 fully saturated rings. The number of morpholine rings is 1. The molecular weight excluding hydrogens is 416 g/mol. The van der Waals surface area contributed by atoms with Crippen LogP contribution in [-0.2, 0) is 22.6 Å². The lowest BCUT2D eigenvalue weighted by atomic mass is 10.1. The highest BCUT2D eigenvalue weighted by Crippen LogP contribution is 2.22. The van der Waals surface area contributed by atoms with Gasteiger partial charge < -0.3 is 15.8 Å². The molecule has 2 aliphatic heterocycles. The van der Waals surface area contributed by atoms with E-state index in [1.165, 1.54) is 5.56 Å². The molecule has 2 aliphatic rings. The molecule has 33 heavy (non-hydrogen) atoms. The Labute approximate surface area is 195 Å². The summed E-state index contributed by atoms with van der Waals surface area (Å²) in [7, 11) is 0. The third kappa shape index (κ3) is 6.19. The second kappa shape index (κ2) is 10.5. The highest BCUT2D eigenvalue weighted by atomic mass is 16.5. The summed E-state index contributed by atoms with van der Waals surface area (Å²) in [6, 6.07) is 15.4. The Hall–Kier alpha value is -2.74. The van der Waals surface area contributed by atoms with Crippen LogP contribution in [0.2, 0.25) is 0 Å². The number of anilines is 1. The van der Waals surface area contributed by atoms with Gasteiger partial charge in [-0.3, -0.25) is 19.4 Å². The second-order valence-electron chi connectivity index (χ2n) is 9.33. The van der Waals surface area contributed by atoms with Crippen LogP contribution in [0.25, 0.3) is 0 Å². The lowest BCUT2D eigenvalue weighted by molar-refractivity contribution is -0.122. The van der Waals surface area contributed by atoms with E-state index >= 15 is 0 Å². The van der Waals surface area contributed by atoms with E-state index in [0.29, 0.717) is 12.1 Å². The molecule has 2 aromatic carbocycles. The lowest BCUT2D eigenvalue weighted by Gasteiger charge is -2.35. The van der Waals surface area contributed by atoms with Gasteiger partial charge >= 0.3 is 0 Å². The summed E-state index contributed by atoms with van der Waals surface area (Å²) in [5.74, 6) is -0.401. The Balaban J connectivity index is 1.34. The molecule has 0 saturated carbocycles. The summed E-state index contributed by atoms with van der Waals surface area (Å²) >= 11 is 0. The number of nitrogens with zero attached hydrogens (tertiary/aromatic N) is 2. The number of carbonyl (C=O) groups excluding carboxylic acids is 2. The van der Waals surface area contributed by atoms with Gasteiger partial charge in [0.05, 0.1) is 18.2 Å². The van der Waals surface area contributed by atoms with E-state index in [1.54, 1.807) is 0 Å². The summed E-state index contributed by atoms with van der Waals surface area (Å²) < 4.78 is 5.80. The van der Waals surface area contributed by atoms with E-state index < -0.39 is 0 Å². The number of carbonyl (C=O) groups is 2. The van der Waals surface area contributed by atoms with Gasteiger partial charge in [-0.25, -0.2) is 0 Å². The van der Waals surface area contributed by atoms with E-state index in [0.717, 1.165) is 50.3 Å². The van der Waals surface area contributed by atoms with Crippen LogP contribution in [0.15, 0.2) is 48.5 Å². The van der Waals surface area contributed by atoms with Crippen molar-refractivity contribution in [2.45, 2.75) is 58.0 Å². The zero-order valence-corrected chi connectivity index (χ0v) is 19.5. The standard InChI is InChI=1S/C26H34N4O3/c1-18-14-29(15-19(2)33-18)16-20-8-10-22(11-9-20)26(32)28-23-6-3-5-21(13-23)17-30-12-4-7-24(30)25(27)31/h3,5-6,8-11,13,18-19,24H,4,7,12,14-17H2,1-2H3,(H2,27,31)(H,28,32). The molecule has 3 unspecified atom stereocenters. The highest BCUT2D eigenvalue weighted by Gasteiger charge is 2.28. The van der Waals surface area contributed by atoms with Crippen LogP contribution in [0.5, 0.6) is 0 Å². The summed E-state index contributed by atoms with van der Waals surface area (Å²) in [4.78, 5) is 28.9. The maximum absolute atomic E-state index is 12.8. The number of rotatable bonds is 7. The normalized spacial score (nSPS) is 24.0. The first-order chi connectivity index (χ1) is 15.9. The van der Waals surface area contributed by atoms with Crippen LogP contribution in [-0.4, -0.2) is 59.5 Å². The van der Waals surface area contributed by atoms with Crippen molar-refractivity contribution in [3.8, 4) is 0 Å². The molecule has 2 heterocycles. The summed E-state index contributed by atoms with van der Waals surface area (Å²) in [5.41, 5.74) is 9.13. The summed E-state index contributed by atoms with van der Waals surface area (Å²) in [6.07, 6.45) is 2.26. The Morgan fingerprint density at radius 3 is 2.45 bits per heavy atom. The van der Waals surface area contributed by atoms with E-state index in [-0.39, 0.29) is 30.1 Å². The first-order valence-corrected chi connectivity index (χ1v) is 11.8. The minimum atomic E-state index is -0.266. The third-order valence-electron chi connectivity index (χ3n) is 6.38. The number of hydrogen-bond acceptors (Lipinski definition) is 5. The van der Waals surface area contributed by atoms with E-state index in [2.05, 4.69) is 29.0 Å². The molecule has 2 aromatic rings. The predicted molar refractivity (Wildman–Crippen MR) is 129 cm³/mol. The van der Waals surface area contributed by atoms with Crippen molar-refractivity contribution in [2.75, 3.05) is 25.0 Å². The average molecular weight is 451 g/mol. The Morgan fingerprint density at radius 2 is 1.76 bits per heavy atom. The lowest BCUT2D eigenvalue weighted by Crippen LogP contribution is -2.44. The van der Waals surface area contributed by atoms with E-state index in [1.807, 2.05) is 48.5 Å². The molecule has 0 bridgehead atoms. The highest BCUT2D eigenvalue weighted by molar-refractivity contribution is 6.04. The van der Waals surface area contributed by atoms with Crippen molar-refractivity contribution in [3.63, 3.8) is 0 Å². The number of primary amides is 1. The number of ether oxygens (including phenoxy) is 1. The van der Waals surface area contributed by atoms with Gasteiger partial charge in [-0.1, -0.05) is 24.3 Å². The molecule has 176 valence electrons. The molecule has 0 spiro atoms. The number of nitrogens with one attached hydrogen (secondary N) is 1. The van der Waals surface area contributed by atoms with Crippen LogP contribution in [0.4, 0.5) is 5.69 Å². The SMILES string of the molecule is CC1CN(Cc2ccc(C(=O)Nc3cccc(CN4CCCC4C(N)=O)c3)cc2)CC(C)O1. The molecule has 2 saturated heterocycles. The fourth-order valence-electron chi connectivity index (χ4n) is 4.96. The Bertz CT molecular complexity index is 968. The Kier molecular flexibility index (Phi) is 7.42. The summed E-state index contributed by atoms with van der Waals surface area (Å²) in [6.45, 7) is 8.40. The number of benzene rings is 2. The maximum atomic E-state index is 12.8. The number of hydrogen-bond donors (Lipinski definition) is 2. The maximum Gasteiger partial charge on any atom is 0.255 e. The largest absolute Gasteiger partial charge is 0.373 e.